The van der Waals surface area contributed by atoms with Crippen LogP contribution in [0.2, 0.25) is 0 Å². The summed E-state index contributed by atoms with van der Waals surface area (Å²) in [4.78, 5) is 12.6. The Labute approximate surface area is 121 Å². The SMILES string of the molecule is CC(c1cc(F)ccc1F)N(CC(=O)O)c1ccccc1. The molecule has 0 aliphatic rings. The van der Waals surface area contributed by atoms with Gasteiger partial charge in [0.25, 0.3) is 0 Å². The van der Waals surface area contributed by atoms with E-state index in [0.29, 0.717) is 5.69 Å². The van der Waals surface area contributed by atoms with Crippen LogP contribution >= 0.6 is 0 Å². The second-order valence-electron chi connectivity index (χ2n) is 4.70. The first-order valence-corrected chi connectivity index (χ1v) is 6.47. The lowest BCUT2D eigenvalue weighted by Crippen LogP contribution is -2.32. The highest BCUT2D eigenvalue weighted by Crippen LogP contribution is 2.28. The number of carbonyl (C=O) groups is 1. The molecule has 0 saturated carbocycles. The van der Waals surface area contributed by atoms with Crippen molar-refractivity contribution in [3.63, 3.8) is 0 Å². The largest absolute Gasteiger partial charge is 0.480 e. The summed E-state index contributed by atoms with van der Waals surface area (Å²) in [6.45, 7) is 1.34. The van der Waals surface area contributed by atoms with Gasteiger partial charge in [-0.25, -0.2) is 8.78 Å². The minimum absolute atomic E-state index is 0.125. The van der Waals surface area contributed by atoms with Gasteiger partial charge in [0, 0.05) is 11.3 Å². The van der Waals surface area contributed by atoms with Crippen LogP contribution in [0.15, 0.2) is 48.5 Å². The van der Waals surface area contributed by atoms with Gasteiger partial charge in [0.05, 0.1) is 6.04 Å². The molecule has 1 unspecified atom stereocenters. The summed E-state index contributed by atoms with van der Waals surface area (Å²) < 4.78 is 27.2. The molecule has 2 aromatic rings. The lowest BCUT2D eigenvalue weighted by atomic mass is 10.0. The van der Waals surface area contributed by atoms with Gasteiger partial charge < -0.3 is 10.0 Å². The van der Waals surface area contributed by atoms with Gasteiger partial charge in [0.1, 0.15) is 18.2 Å². The van der Waals surface area contributed by atoms with Crippen molar-refractivity contribution < 1.29 is 18.7 Å². The topological polar surface area (TPSA) is 40.5 Å². The molecular weight excluding hydrogens is 276 g/mol. The Hall–Kier alpha value is -2.43. The van der Waals surface area contributed by atoms with Gasteiger partial charge in [0.15, 0.2) is 0 Å². The summed E-state index contributed by atoms with van der Waals surface area (Å²) >= 11 is 0. The van der Waals surface area contributed by atoms with Crippen molar-refractivity contribution in [2.24, 2.45) is 0 Å². The van der Waals surface area contributed by atoms with E-state index in [9.17, 15) is 13.6 Å². The summed E-state index contributed by atoms with van der Waals surface area (Å²) in [7, 11) is 0. The maximum atomic E-state index is 13.9. The van der Waals surface area contributed by atoms with Crippen LogP contribution in [0.1, 0.15) is 18.5 Å². The number of hydrogen-bond acceptors (Lipinski definition) is 2. The van der Waals surface area contributed by atoms with Gasteiger partial charge in [-0.3, -0.25) is 4.79 Å². The third-order valence-corrected chi connectivity index (χ3v) is 3.27. The zero-order chi connectivity index (χ0) is 15.4. The summed E-state index contributed by atoms with van der Waals surface area (Å²) in [5.41, 5.74) is 0.760. The van der Waals surface area contributed by atoms with E-state index >= 15 is 0 Å². The summed E-state index contributed by atoms with van der Waals surface area (Å²) in [6.07, 6.45) is 0. The van der Waals surface area contributed by atoms with E-state index in [1.165, 1.54) is 4.90 Å². The van der Waals surface area contributed by atoms with Crippen LogP contribution in [0.25, 0.3) is 0 Å². The van der Waals surface area contributed by atoms with Crippen molar-refractivity contribution in [1.29, 1.82) is 0 Å². The molecule has 110 valence electrons. The summed E-state index contributed by atoms with van der Waals surface area (Å²) in [6, 6.07) is 11.4. The summed E-state index contributed by atoms with van der Waals surface area (Å²) in [5.74, 6) is -2.15. The Morgan fingerprint density at radius 3 is 2.48 bits per heavy atom. The number of carboxylic acids is 1. The van der Waals surface area contributed by atoms with E-state index < -0.39 is 23.6 Å². The molecule has 0 spiro atoms. The van der Waals surface area contributed by atoms with Crippen molar-refractivity contribution in [3.05, 3.63) is 65.7 Å². The number of para-hydroxylation sites is 1. The fraction of sp³-hybridized carbons (Fsp3) is 0.188. The van der Waals surface area contributed by atoms with Gasteiger partial charge in [-0.05, 0) is 37.3 Å². The molecule has 1 atom stereocenters. The maximum Gasteiger partial charge on any atom is 0.323 e. The first-order valence-electron chi connectivity index (χ1n) is 6.47. The van der Waals surface area contributed by atoms with E-state index in [2.05, 4.69) is 0 Å². The standard InChI is InChI=1S/C16H15F2NO2/c1-11(14-9-12(17)7-8-15(14)18)19(10-16(20)21)13-5-3-2-4-6-13/h2-9,11H,10H2,1H3,(H,20,21). The highest BCUT2D eigenvalue weighted by atomic mass is 19.1. The van der Waals surface area contributed by atoms with Gasteiger partial charge in [-0.15, -0.1) is 0 Å². The van der Waals surface area contributed by atoms with E-state index in [1.807, 2.05) is 0 Å². The van der Waals surface area contributed by atoms with Crippen LogP contribution in [0, 0.1) is 11.6 Å². The van der Waals surface area contributed by atoms with Crippen LogP contribution in [0.3, 0.4) is 0 Å². The zero-order valence-corrected chi connectivity index (χ0v) is 11.5. The molecule has 0 aliphatic carbocycles. The lowest BCUT2D eigenvalue weighted by molar-refractivity contribution is -0.135. The van der Waals surface area contributed by atoms with Crippen LogP contribution in [0.5, 0.6) is 0 Å². The van der Waals surface area contributed by atoms with Gasteiger partial charge in [0.2, 0.25) is 0 Å². The monoisotopic (exact) mass is 291 g/mol. The molecule has 3 nitrogen and oxygen atoms in total. The fourth-order valence-electron chi connectivity index (χ4n) is 2.22. The average Bonchev–Trinajstić information content (AvgIpc) is 2.47. The van der Waals surface area contributed by atoms with Crippen LogP contribution in [-0.4, -0.2) is 17.6 Å². The molecule has 0 fully saturated rings. The predicted octanol–water partition coefficient (Wildman–Crippen LogP) is 3.62. The number of hydrogen-bond donors (Lipinski definition) is 1. The Balaban J connectivity index is 2.40. The van der Waals surface area contributed by atoms with Crippen molar-refractivity contribution in [3.8, 4) is 0 Å². The number of halogens is 2. The third kappa shape index (κ3) is 3.56. The number of carboxylic acid groups (broad SMARTS) is 1. The van der Waals surface area contributed by atoms with E-state index in [1.54, 1.807) is 37.3 Å². The van der Waals surface area contributed by atoms with E-state index in [-0.39, 0.29) is 12.1 Å². The number of rotatable bonds is 5. The quantitative estimate of drug-likeness (QED) is 0.914. The first-order chi connectivity index (χ1) is 9.99. The van der Waals surface area contributed by atoms with Crippen LogP contribution < -0.4 is 4.90 Å². The predicted molar refractivity (Wildman–Crippen MR) is 76.2 cm³/mol. The molecule has 0 heterocycles. The van der Waals surface area contributed by atoms with E-state index in [4.69, 9.17) is 5.11 Å². The molecule has 0 amide bonds. The van der Waals surface area contributed by atoms with Gasteiger partial charge in [-0.2, -0.15) is 0 Å². The molecular formula is C16H15F2NO2. The fourth-order valence-corrected chi connectivity index (χ4v) is 2.22. The Morgan fingerprint density at radius 2 is 1.86 bits per heavy atom. The number of benzene rings is 2. The molecule has 0 aliphatic heterocycles. The first kappa shape index (κ1) is 15.0. The molecule has 2 rings (SSSR count). The normalized spacial score (nSPS) is 12.0. The van der Waals surface area contributed by atoms with Crippen LogP contribution in [-0.2, 0) is 4.79 Å². The minimum Gasteiger partial charge on any atom is -0.480 e. The average molecular weight is 291 g/mol. The third-order valence-electron chi connectivity index (χ3n) is 3.27. The molecule has 0 aromatic heterocycles. The minimum atomic E-state index is -1.04. The second kappa shape index (κ2) is 6.35. The van der Waals surface area contributed by atoms with E-state index in [0.717, 1.165) is 18.2 Å². The van der Waals surface area contributed by atoms with Gasteiger partial charge in [-0.1, -0.05) is 18.2 Å². The Bertz CT molecular complexity index is 631. The van der Waals surface area contributed by atoms with Crippen molar-refractivity contribution in [2.75, 3.05) is 11.4 Å². The van der Waals surface area contributed by atoms with Gasteiger partial charge >= 0.3 is 5.97 Å². The molecule has 1 N–H and O–H groups in total. The summed E-state index contributed by atoms with van der Waals surface area (Å²) in [5, 5.41) is 9.06. The molecule has 0 bridgehead atoms. The highest BCUT2D eigenvalue weighted by molar-refractivity contribution is 5.74. The van der Waals surface area contributed by atoms with Crippen LogP contribution in [0.4, 0.5) is 14.5 Å². The molecule has 5 heteroatoms. The smallest absolute Gasteiger partial charge is 0.323 e. The molecule has 0 saturated heterocycles. The van der Waals surface area contributed by atoms with Crippen molar-refractivity contribution in [2.45, 2.75) is 13.0 Å². The lowest BCUT2D eigenvalue weighted by Gasteiger charge is -2.30. The molecule has 2 aromatic carbocycles. The Morgan fingerprint density at radius 1 is 1.19 bits per heavy atom. The Kier molecular flexibility index (Phi) is 4.52. The zero-order valence-electron chi connectivity index (χ0n) is 11.5. The number of anilines is 1. The molecule has 0 radical (unpaired) electrons. The number of aliphatic carboxylic acids is 1. The number of nitrogens with zero attached hydrogens (tertiary/aromatic N) is 1. The van der Waals surface area contributed by atoms with Crippen molar-refractivity contribution >= 4 is 11.7 Å². The second-order valence-corrected chi connectivity index (χ2v) is 4.70. The highest BCUT2D eigenvalue weighted by Gasteiger charge is 2.22. The maximum absolute atomic E-state index is 13.9. The van der Waals surface area contributed by atoms with Crippen molar-refractivity contribution in [1.82, 2.24) is 0 Å². The molecule has 21 heavy (non-hydrogen) atoms.